The Hall–Kier alpha value is -3.18. The Labute approximate surface area is 224 Å². The van der Waals surface area contributed by atoms with Crippen molar-refractivity contribution in [2.45, 2.75) is 4.90 Å². The molecule has 2 N–H and O–H groups in total. The number of carbonyl (C=O) groups is 1. The molecule has 1 aromatic heterocycles. The van der Waals surface area contributed by atoms with Crippen molar-refractivity contribution in [2.75, 3.05) is 48.9 Å². The number of para-hydroxylation sites is 1. The van der Waals surface area contributed by atoms with Crippen LogP contribution in [0.25, 0.3) is 10.2 Å². The molecule has 0 atom stereocenters. The molecule has 5 rings (SSSR count). The molecule has 1 aliphatic heterocycles. The van der Waals surface area contributed by atoms with Gasteiger partial charge < -0.3 is 10.2 Å². The average molecular weight is 556 g/mol. The monoisotopic (exact) mass is 555 g/mol. The van der Waals surface area contributed by atoms with Gasteiger partial charge in [-0.2, -0.15) is 0 Å². The van der Waals surface area contributed by atoms with E-state index in [9.17, 15) is 13.2 Å². The van der Waals surface area contributed by atoms with E-state index in [-0.39, 0.29) is 10.8 Å². The van der Waals surface area contributed by atoms with Crippen molar-refractivity contribution in [2.24, 2.45) is 0 Å². The quantitative estimate of drug-likeness (QED) is 0.336. The molecule has 3 aromatic carbocycles. The number of nitrogens with one attached hydrogen (secondary N) is 2. The fourth-order valence-corrected chi connectivity index (χ4v) is 6.53. The molecule has 0 spiro atoms. The van der Waals surface area contributed by atoms with Crippen LogP contribution in [0.15, 0.2) is 77.7 Å². The van der Waals surface area contributed by atoms with Crippen LogP contribution in [0.4, 0.5) is 10.8 Å². The van der Waals surface area contributed by atoms with E-state index in [1.54, 1.807) is 53.8 Å². The van der Waals surface area contributed by atoms with Gasteiger partial charge in [-0.25, -0.2) is 13.4 Å². The predicted octanol–water partition coefficient (Wildman–Crippen LogP) is 4.30. The number of sulfonamides is 1. The molecule has 0 saturated carbocycles. The van der Waals surface area contributed by atoms with Crippen LogP contribution < -0.4 is 14.9 Å². The fourth-order valence-electron chi connectivity index (χ4n) is 4.13. The zero-order valence-corrected chi connectivity index (χ0v) is 22.3. The van der Waals surface area contributed by atoms with Gasteiger partial charge in [0.1, 0.15) is 5.52 Å². The Morgan fingerprint density at radius 3 is 2.38 bits per heavy atom. The number of hydrogen-bond acceptors (Lipinski definition) is 7. The molecular weight excluding hydrogens is 530 g/mol. The molecule has 0 unspecified atom stereocenters. The number of piperazine rings is 1. The highest BCUT2D eigenvalue weighted by Crippen LogP contribution is 2.33. The highest BCUT2D eigenvalue weighted by Gasteiger charge is 2.20. The summed E-state index contributed by atoms with van der Waals surface area (Å²) in [6.45, 7) is 4.78. The third-order valence-corrected chi connectivity index (χ3v) is 8.95. The Morgan fingerprint density at radius 1 is 0.946 bits per heavy atom. The summed E-state index contributed by atoms with van der Waals surface area (Å²) in [5.41, 5.74) is 1.73. The van der Waals surface area contributed by atoms with E-state index in [2.05, 4.69) is 19.8 Å². The van der Waals surface area contributed by atoms with Crippen LogP contribution in [0.1, 0.15) is 10.4 Å². The van der Waals surface area contributed by atoms with Crippen LogP contribution in [-0.4, -0.2) is 63.5 Å². The topological polar surface area (TPSA) is 94.6 Å². The van der Waals surface area contributed by atoms with Crippen LogP contribution in [0.5, 0.6) is 0 Å². The van der Waals surface area contributed by atoms with Gasteiger partial charge in [-0.1, -0.05) is 47.2 Å². The average Bonchev–Trinajstić information content (AvgIpc) is 3.36. The van der Waals surface area contributed by atoms with Gasteiger partial charge >= 0.3 is 0 Å². The first-order chi connectivity index (χ1) is 17.9. The van der Waals surface area contributed by atoms with E-state index in [4.69, 9.17) is 16.6 Å². The van der Waals surface area contributed by atoms with Crippen molar-refractivity contribution in [1.29, 1.82) is 0 Å². The molecule has 1 fully saturated rings. The number of rotatable bonds is 8. The SMILES string of the molecule is O=C(NCCN1CCN(c2nc3c(Cl)cccc3s2)CC1)c1ccc(NS(=O)(=O)c2ccccc2)cc1. The lowest BCUT2D eigenvalue weighted by molar-refractivity contribution is 0.0948. The maximum Gasteiger partial charge on any atom is 0.261 e. The summed E-state index contributed by atoms with van der Waals surface area (Å²) in [7, 11) is -3.67. The van der Waals surface area contributed by atoms with Crippen LogP contribution in [-0.2, 0) is 10.0 Å². The molecule has 8 nitrogen and oxygen atoms in total. The van der Waals surface area contributed by atoms with E-state index >= 15 is 0 Å². The second-order valence-corrected chi connectivity index (χ2v) is 11.8. The summed E-state index contributed by atoms with van der Waals surface area (Å²) < 4.78 is 28.5. The molecule has 37 heavy (non-hydrogen) atoms. The lowest BCUT2D eigenvalue weighted by atomic mass is 10.2. The van der Waals surface area contributed by atoms with E-state index in [1.807, 2.05) is 18.2 Å². The van der Waals surface area contributed by atoms with Gasteiger partial charge in [-0.15, -0.1) is 0 Å². The smallest absolute Gasteiger partial charge is 0.261 e. The number of aromatic nitrogens is 1. The van der Waals surface area contributed by atoms with E-state index in [0.29, 0.717) is 22.8 Å². The van der Waals surface area contributed by atoms with Gasteiger partial charge in [-0.3, -0.25) is 14.4 Å². The largest absolute Gasteiger partial charge is 0.351 e. The first kappa shape index (κ1) is 25.5. The lowest BCUT2D eigenvalue weighted by Crippen LogP contribution is -2.48. The summed E-state index contributed by atoms with van der Waals surface area (Å²) in [4.78, 5) is 22.1. The van der Waals surface area contributed by atoms with Crippen molar-refractivity contribution in [1.82, 2.24) is 15.2 Å². The van der Waals surface area contributed by atoms with Crippen molar-refractivity contribution in [3.63, 3.8) is 0 Å². The number of carbonyl (C=O) groups excluding carboxylic acids is 1. The van der Waals surface area contributed by atoms with Crippen molar-refractivity contribution in [3.05, 3.63) is 83.4 Å². The van der Waals surface area contributed by atoms with Crippen LogP contribution in [0, 0.1) is 0 Å². The number of nitrogens with zero attached hydrogens (tertiary/aromatic N) is 3. The molecule has 11 heteroatoms. The third-order valence-electron chi connectivity index (χ3n) is 6.17. The Balaban J connectivity index is 1.07. The molecule has 1 amide bonds. The minimum absolute atomic E-state index is 0.183. The lowest BCUT2D eigenvalue weighted by Gasteiger charge is -2.34. The molecule has 2 heterocycles. The molecular formula is C26H26ClN5O3S2. The van der Waals surface area contributed by atoms with Crippen LogP contribution >= 0.6 is 22.9 Å². The van der Waals surface area contributed by atoms with E-state index in [0.717, 1.165) is 48.1 Å². The standard InChI is InChI=1S/C26H26ClN5O3S2/c27-22-7-4-8-23-24(22)29-26(36-23)32-17-15-31(16-18-32)14-13-28-25(33)19-9-11-20(12-10-19)30-37(34,35)21-5-2-1-3-6-21/h1-12,30H,13-18H2,(H,28,33). The maximum atomic E-state index is 12.6. The molecule has 1 aliphatic rings. The number of thiazole rings is 1. The van der Waals surface area contributed by atoms with Gasteiger partial charge in [0.2, 0.25) is 0 Å². The molecule has 1 saturated heterocycles. The highest BCUT2D eigenvalue weighted by atomic mass is 35.5. The summed E-state index contributed by atoms with van der Waals surface area (Å²) >= 11 is 7.93. The van der Waals surface area contributed by atoms with Gasteiger partial charge in [0.05, 0.1) is 14.6 Å². The maximum absolute atomic E-state index is 12.6. The number of fused-ring (bicyclic) bond motifs is 1. The molecule has 192 valence electrons. The number of halogens is 1. The normalized spacial score (nSPS) is 14.6. The summed E-state index contributed by atoms with van der Waals surface area (Å²) in [5.74, 6) is -0.192. The summed E-state index contributed by atoms with van der Waals surface area (Å²) in [6, 6.07) is 20.4. The molecule has 0 aliphatic carbocycles. The third kappa shape index (κ3) is 6.04. The number of hydrogen-bond donors (Lipinski definition) is 2. The second-order valence-electron chi connectivity index (χ2n) is 8.66. The summed E-state index contributed by atoms with van der Waals surface area (Å²) in [5, 5.41) is 4.62. The number of amides is 1. The molecule has 0 radical (unpaired) electrons. The first-order valence-electron chi connectivity index (χ1n) is 11.9. The minimum Gasteiger partial charge on any atom is -0.351 e. The van der Waals surface area contributed by atoms with Crippen molar-refractivity contribution < 1.29 is 13.2 Å². The van der Waals surface area contributed by atoms with Gasteiger partial charge in [0, 0.05) is 50.5 Å². The van der Waals surface area contributed by atoms with E-state index in [1.165, 1.54) is 12.1 Å². The molecule has 4 aromatic rings. The molecule has 0 bridgehead atoms. The summed E-state index contributed by atoms with van der Waals surface area (Å²) in [6.07, 6.45) is 0. The predicted molar refractivity (Wildman–Crippen MR) is 149 cm³/mol. The van der Waals surface area contributed by atoms with Gasteiger partial charge in [-0.05, 0) is 48.5 Å². The number of benzene rings is 3. The van der Waals surface area contributed by atoms with Crippen molar-refractivity contribution in [3.8, 4) is 0 Å². The first-order valence-corrected chi connectivity index (χ1v) is 14.6. The van der Waals surface area contributed by atoms with Crippen LogP contribution in [0.3, 0.4) is 0 Å². The zero-order chi connectivity index (χ0) is 25.8. The highest BCUT2D eigenvalue weighted by molar-refractivity contribution is 7.92. The fraction of sp³-hybridized carbons (Fsp3) is 0.231. The Morgan fingerprint density at radius 2 is 1.68 bits per heavy atom. The minimum atomic E-state index is -3.67. The van der Waals surface area contributed by atoms with E-state index < -0.39 is 10.0 Å². The number of anilines is 2. The van der Waals surface area contributed by atoms with Gasteiger partial charge in [0.15, 0.2) is 5.13 Å². The van der Waals surface area contributed by atoms with Crippen LogP contribution in [0.2, 0.25) is 5.02 Å². The zero-order valence-electron chi connectivity index (χ0n) is 19.9. The Kier molecular flexibility index (Phi) is 7.61. The van der Waals surface area contributed by atoms with Crippen molar-refractivity contribution >= 4 is 59.9 Å². The Bertz CT molecular complexity index is 1490. The van der Waals surface area contributed by atoms with Gasteiger partial charge in [0.25, 0.3) is 15.9 Å². The second kappa shape index (κ2) is 11.1.